The van der Waals surface area contributed by atoms with Crippen molar-refractivity contribution in [2.45, 2.75) is 38.8 Å². The van der Waals surface area contributed by atoms with Gasteiger partial charge in [-0.05, 0) is 20.8 Å². The van der Waals surface area contributed by atoms with E-state index in [4.69, 9.17) is 15.6 Å². The number of nitrogens with zero attached hydrogens (tertiary/aromatic N) is 1. The van der Waals surface area contributed by atoms with E-state index < -0.39 is 17.7 Å². The van der Waals surface area contributed by atoms with Crippen LogP contribution in [-0.2, 0) is 9.53 Å². The van der Waals surface area contributed by atoms with Gasteiger partial charge in [0.15, 0.2) is 0 Å². The number of aliphatic hydroxyl groups excluding tert-OH is 1. The Hall–Kier alpha value is -1.14. The Morgan fingerprint density at radius 3 is 2.71 bits per heavy atom. The quantitative estimate of drug-likeness (QED) is 0.718. The molecule has 1 saturated heterocycles. The van der Waals surface area contributed by atoms with Crippen molar-refractivity contribution in [1.29, 1.82) is 0 Å². The molecule has 0 saturated carbocycles. The average Bonchev–Trinajstić information content (AvgIpc) is 2.56. The van der Waals surface area contributed by atoms with E-state index in [-0.39, 0.29) is 31.4 Å². The van der Waals surface area contributed by atoms with Gasteiger partial charge in [-0.15, -0.1) is 0 Å². The number of likely N-dealkylation sites (tertiary alicyclic amines) is 1. The zero-order valence-electron chi connectivity index (χ0n) is 10.5. The predicted octanol–water partition coefficient (Wildman–Crippen LogP) is 0.0896. The molecule has 2 atom stereocenters. The van der Waals surface area contributed by atoms with Gasteiger partial charge in [-0.1, -0.05) is 0 Å². The molecule has 0 radical (unpaired) electrons. The summed E-state index contributed by atoms with van der Waals surface area (Å²) in [7, 11) is 0. The minimum absolute atomic E-state index is 0.182. The minimum Gasteiger partial charge on any atom is -0.443 e. The van der Waals surface area contributed by atoms with Crippen molar-refractivity contribution in [3.8, 4) is 0 Å². The van der Waals surface area contributed by atoms with Crippen LogP contribution in [0.15, 0.2) is 0 Å². The fraction of sp³-hybridized carbons (Fsp3) is 0.818. The van der Waals surface area contributed by atoms with Crippen molar-refractivity contribution in [2.75, 3.05) is 13.2 Å². The number of hydrogen-bond acceptors (Lipinski definition) is 5. The fourth-order valence-electron chi connectivity index (χ4n) is 1.66. The summed E-state index contributed by atoms with van der Waals surface area (Å²) in [6, 6.07) is -0.480. The van der Waals surface area contributed by atoms with Crippen LogP contribution in [0, 0.1) is 5.92 Å². The third-order valence-electron chi connectivity index (χ3n) is 2.59. The third kappa shape index (κ3) is 3.67. The lowest BCUT2D eigenvalue weighted by atomic mass is 10.0. The minimum atomic E-state index is -0.643. The highest BCUT2D eigenvalue weighted by molar-refractivity contribution is 5.93. The number of nitrogens with two attached hydrogens (primary N) is 1. The highest BCUT2D eigenvalue weighted by Gasteiger charge is 2.38. The number of amides is 2. The van der Waals surface area contributed by atoms with Gasteiger partial charge >= 0.3 is 6.09 Å². The number of ether oxygens (including phenoxy) is 1. The van der Waals surface area contributed by atoms with Crippen molar-refractivity contribution < 1.29 is 19.4 Å². The molecule has 1 aliphatic rings. The smallest absolute Gasteiger partial charge is 0.417 e. The maximum absolute atomic E-state index is 11.7. The van der Waals surface area contributed by atoms with E-state index >= 15 is 0 Å². The molecule has 0 aromatic heterocycles. The summed E-state index contributed by atoms with van der Waals surface area (Å²) in [5.74, 6) is -0.492. The standard InChI is InChI=1S/C11H20N2O4/c1-11(2,3)17-10(16)13-5-7(4-9(13)15)8(12)6-14/h7-8,14H,4-6,12H2,1-3H3/t7?,8-/m1/s1. The highest BCUT2D eigenvalue weighted by Crippen LogP contribution is 2.22. The number of hydrogen-bond donors (Lipinski definition) is 2. The van der Waals surface area contributed by atoms with Gasteiger partial charge in [0.2, 0.25) is 5.91 Å². The lowest BCUT2D eigenvalue weighted by Gasteiger charge is -2.23. The largest absolute Gasteiger partial charge is 0.443 e. The molecule has 3 N–H and O–H groups in total. The SMILES string of the molecule is CC(C)(C)OC(=O)N1CC([C@H](N)CO)CC1=O. The Bertz CT molecular complexity index is 311. The van der Waals surface area contributed by atoms with Gasteiger partial charge in [0.25, 0.3) is 0 Å². The van der Waals surface area contributed by atoms with E-state index in [1.807, 2.05) is 0 Å². The van der Waals surface area contributed by atoms with Crippen LogP contribution in [0.2, 0.25) is 0 Å². The van der Waals surface area contributed by atoms with Crippen LogP contribution < -0.4 is 5.73 Å². The second kappa shape index (κ2) is 5.01. The molecular weight excluding hydrogens is 224 g/mol. The van der Waals surface area contributed by atoms with Crippen LogP contribution >= 0.6 is 0 Å². The van der Waals surface area contributed by atoms with Crippen molar-refractivity contribution in [3.05, 3.63) is 0 Å². The van der Waals surface area contributed by atoms with Crippen LogP contribution in [-0.4, -0.2) is 46.8 Å². The van der Waals surface area contributed by atoms with Gasteiger partial charge in [-0.3, -0.25) is 4.79 Å². The normalized spacial score (nSPS) is 22.8. The van der Waals surface area contributed by atoms with E-state index in [0.29, 0.717) is 0 Å². The van der Waals surface area contributed by atoms with Crippen molar-refractivity contribution in [2.24, 2.45) is 11.7 Å². The molecule has 2 amide bonds. The number of imide groups is 1. The molecule has 1 heterocycles. The van der Waals surface area contributed by atoms with Crippen LogP contribution in [0.1, 0.15) is 27.2 Å². The molecule has 98 valence electrons. The van der Waals surface area contributed by atoms with Crippen molar-refractivity contribution in [1.82, 2.24) is 4.90 Å². The number of rotatable bonds is 2. The van der Waals surface area contributed by atoms with Crippen LogP contribution in [0.4, 0.5) is 4.79 Å². The Kier molecular flexibility index (Phi) is 4.11. The number of carbonyl (C=O) groups excluding carboxylic acids is 2. The first-order valence-corrected chi connectivity index (χ1v) is 5.64. The maximum atomic E-state index is 11.7. The Morgan fingerprint density at radius 2 is 2.24 bits per heavy atom. The van der Waals surface area contributed by atoms with E-state index in [0.717, 1.165) is 4.90 Å². The first kappa shape index (κ1) is 13.9. The third-order valence-corrected chi connectivity index (χ3v) is 2.59. The second-order valence-electron chi connectivity index (χ2n) is 5.30. The summed E-state index contributed by atoms with van der Waals surface area (Å²) in [4.78, 5) is 24.4. The van der Waals surface area contributed by atoms with E-state index in [1.54, 1.807) is 20.8 Å². The van der Waals surface area contributed by atoms with E-state index in [2.05, 4.69) is 0 Å². The zero-order valence-corrected chi connectivity index (χ0v) is 10.5. The van der Waals surface area contributed by atoms with Crippen LogP contribution in [0.25, 0.3) is 0 Å². The van der Waals surface area contributed by atoms with Gasteiger partial charge in [0.1, 0.15) is 5.60 Å². The molecule has 1 aliphatic heterocycles. The first-order valence-electron chi connectivity index (χ1n) is 5.64. The monoisotopic (exact) mass is 244 g/mol. The highest BCUT2D eigenvalue weighted by atomic mass is 16.6. The van der Waals surface area contributed by atoms with Crippen LogP contribution in [0.5, 0.6) is 0 Å². The summed E-state index contributed by atoms with van der Waals surface area (Å²) in [6.45, 7) is 5.24. The molecule has 6 nitrogen and oxygen atoms in total. The summed E-state index contributed by atoms with van der Waals surface area (Å²) < 4.78 is 5.12. The number of carbonyl (C=O) groups is 2. The molecule has 17 heavy (non-hydrogen) atoms. The lowest BCUT2D eigenvalue weighted by Crippen LogP contribution is -2.40. The summed E-state index contributed by atoms with van der Waals surface area (Å²) >= 11 is 0. The molecule has 6 heteroatoms. The second-order valence-corrected chi connectivity index (χ2v) is 5.30. The molecule has 1 rings (SSSR count). The van der Waals surface area contributed by atoms with Crippen molar-refractivity contribution >= 4 is 12.0 Å². The van der Waals surface area contributed by atoms with Crippen LogP contribution in [0.3, 0.4) is 0 Å². The molecular formula is C11H20N2O4. The topological polar surface area (TPSA) is 92.9 Å². The molecule has 0 aromatic rings. The van der Waals surface area contributed by atoms with Gasteiger partial charge in [-0.25, -0.2) is 9.69 Å². The Labute approximate surface area is 101 Å². The molecule has 1 unspecified atom stereocenters. The summed E-state index contributed by atoms with van der Waals surface area (Å²) in [5, 5.41) is 8.92. The van der Waals surface area contributed by atoms with Gasteiger partial charge < -0.3 is 15.6 Å². The maximum Gasteiger partial charge on any atom is 0.417 e. The Morgan fingerprint density at radius 1 is 1.65 bits per heavy atom. The van der Waals surface area contributed by atoms with Gasteiger partial charge in [0.05, 0.1) is 6.61 Å². The molecule has 1 fully saturated rings. The fourth-order valence-corrected chi connectivity index (χ4v) is 1.66. The number of aliphatic hydroxyl groups is 1. The van der Waals surface area contributed by atoms with E-state index in [1.165, 1.54) is 0 Å². The van der Waals surface area contributed by atoms with Gasteiger partial charge in [0, 0.05) is 24.9 Å². The Balaban J connectivity index is 2.62. The van der Waals surface area contributed by atoms with E-state index in [9.17, 15) is 9.59 Å². The average molecular weight is 244 g/mol. The summed E-state index contributed by atoms with van der Waals surface area (Å²) in [5.41, 5.74) is 5.02. The first-order chi connectivity index (χ1) is 7.74. The molecule has 0 aromatic carbocycles. The zero-order chi connectivity index (χ0) is 13.2. The van der Waals surface area contributed by atoms with Crippen molar-refractivity contribution in [3.63, 3.8) is 0 Å². The van der Waals surface area contributed by atoms with Gasteiger partial charge in [-0.2, -0.15) is 0 Å². The lowest BCUT2D eigenvalue weighted by molar-refractivity contribution is -0.127. The summed E-state index contributed by atoms with van der Waals surface area (Å²) in [6.07, 6.45) is -0.462. The molecule has 0 spiro atoms. The predicted molar refractivity (Wildman–Crippen MR) is 61.1 cm³/mol. The molecule has 0 aliphatic carbocycles. The molecule has 0 bridgehead atoms.